The maximum Gasteiger partial charge on any atom is 0.335 e. The Morgan fingerprint density at radius 1 is 1.09 bits per heavy atom. The number of amides is 1. The molecule has 1 aliphatic rings. The summed E-state index contributed by atoms with van der Waals surface area (Å²) in [6.45, 7) is 4.31. The molecule has 12 nitrogen and oxygen atoms in total. The maximum absolute atomic E-state index is 12.8. The molecule has 0 radical (unpaired) electrons. The van der Waals surface area contributed by atoms with Crippen molar-refractivity contribution < 1.29 is 49.0 Å². The predicted octanol–water partition coefficient (Wildman–Crippen LogP) is -1.00. The monoisotopic (exact) mass is 484 g/mol. The number of aliphatic carboxylic acids is 1. The van der Waals surface area contributed by atoms with E-state index in [1.165, 1.54) is 18.2 Å². The first kappa shape index (κ1) is 27.5. The number of hydrogen-bond donors (Lipinski definition) is 6. The van der Waals surface area contributed by atoms with Gasteiger partial charge in [0, 0.05) is 6.54 Å². The Bertz CT molecular complexity index is 862. The van der Waals surface area contributed by atoms with Crippen molar-refractivity contribution in [2.45, 2.75) is 57.6 Å². The van der Waals surface area contributed by atoms with E-state index in [2.05, 4.69) is 10.6 Å². The summed E-state index contributed by atoms with van der Waals surface area (Å²) in [6.07, 6.45) is -8.40. The Labute approximate surface area is 196 Å². The zero-order valence-electron chi connectivity index (χ0n) is 19.3. The average molecular weight is 485 g/mol. The summed E-state index contributed by atoms with van der Waals surface area (Å²) in [7, 11) is 1.78. The second-order valence-electron chi connectivity index (χ2n) is 8.16. The number of carboxylic acids is 1. The van der Waals surface area contributed by atoms with E-state index in [1.54, 1.807) is 20.9 Å². The van der Waals surface area contributed by atoms with Crippen LogP contribution in [-0.2, 0) is 25.7 Å². The lowest BCUT2D eigenvalue weighted by molar-refractivity contribution is -0.271. The molecule has 0 aliphatic carbocycles. The molecule has 6 N–H and O–H groups in total. The van der Waals surface area contributed by atoms with Gasteiger partial charge in [0.1, 0.15) is 30.7 Å². The molecule has 0 spiro atoms. The van der Waals surface area contributed by atoms with Gasteiger partial charge < -0.3 is 45.3 Å². The van der Waals surface area contributed by atoms with Crippen molar-refractivity contribution >= 4 is 17.8 Å². The van der Waals surface area contributed by atoms with Gasteiger partial charge in [-0.3, -0.25) is 9.59 Å². The Kier molecular flexibility index (Phi) is 10.2. The smallest absolute Gasteiger partial charge is 0.335 e. The number of carbonyl (C=O) groups excluding carboxylic acids is 2. The summed E-state index contributed by atoms with van der Waals surface area (Å²) in [5, 5.41) is 45.0. The summed E-state index contributed by atoms with van der Waals surface area (Å²) in [5.41, 5.74) is 0.511. The van der Waals surface area contributed by atoms with Crippen molar-refractivity contribution in [3.63, 3.8) is 0 Å². The van der Waals surface area contributed by atoms with Crippen molar-refractivity contribution in [2.24, 2.45) is 5.92 Å². The third-order valence-electron chi connectivity index (χ3n) is 5.09. The number of nitrogens with one attached hydrogen (secondary N) is 2. The van der Waals surface area contributed by atoms with Crippen molar-refractivity contribution in [1.82, 2.24) is 10.6 Å². The van der Waals surface area contributed by atoms with Gasteiger partial charge in [-0.2, -0.15) is 0 Å². The fourth-order valence-electron chi connectivity index (χ4n) is 3.11. The molecule has 2 rings (SSSR count). The van der Waals surface area contributed by atoms with E-state index in [0.717, 1.165) is 0 Å². The molecule has 5 atom stereocenters. The van der Waals surface area contributed by atoms with Crippen LogP contribution in [-0.4, -0.2) is 89.1 Å². The van der Waals surface area contributed by atoms with Crippen LogP contribution in [0.1, 0.15) is 36.2 Å². The predicted molar refractivity (Wildman–Crippen MR) is 117 cm³/mol. The van der Waals surface area contributed by atoms with Crippen LogP contribution in [0.3, 0.4) is 0 Å². The third kappa shape index (κ3) is 7.11. The lowest BCUT2D eigenvalue weighted by Gasteiger charge is -2.38. The quantitative estimate of drug-likeness (QED) is 0.167. The van der Waals surface area contributed by atoms with E-state index < -0.39 is 48.6 Å². The zero-order valence-corrected chi connectivity index (χ0v) is 19.3. The normalized spacial score (nSPS) is 24.5. The van der Waals surface area contributed by atoms with E-state index >= 15 is 0 Å². The highest BCUT2D eigenvalue weighted by molar-refractivity contribution is 5.97. The summed E-state index contributed by atoms with van der Waals surface area (Å²) < 4.78 is 15.9. The van der Waals surface area contributed by atoms with Gasteiger partial charge in [-0.1, -0.05) is 19.9 Å². The van der Waals surface area contributed by atoms with Crippen molar-refractivity contribution in [3.05, 3.63) is 29.3 Å². The van der Waals surface area contributed by atoms with Gasteiger partial charge in [0.15, 0.2) is 6.10 Å². The molecule has 1 heterocycles. The Hall–Kier alpha value is -2.77. The lowest BCUT2D eigenvalue weighted by atomic mass is 9.99. The molecule has 0 unspecified atom stereocenters. The Morgan fingerprint density at radius 3 is 2.41 bits per heavy atom. The molecule has 34 heavy (non-hydrogen) atoms. The minimum absolute atomic E-state index is 0.0193. The van der Waals surface area contributed by atoms with Gasteiger partial charge in [0.25, 0.3) is 5.91 Å². The topological polar surface area (TPSA) is 184 Å². The van der Waals surface area contributed by atoms with Crippen LogP contribution >= 0.6 is 0 Å². The zero-order chi connectivity index (χ0) is 25.4. The van der Waals surface area contributed by atoms with E-state index in [-0.39, 0.29) is 23.8 Å². The fraction of sp³-hybridized carbons (Fsp3) is 0.591. The summed E-state index contributed by atoms with van der Waals surface area (Å²) in [4.78, 5) is 35.9. The molecule has 0 aromatic heterocycles. The van der Waals surface area contributed by atoms with Crippen LogP contribution in [0.2, 0.25) is 0 Å². The first-order valence-electron chi connectivity index (χ1n) is 10.9. The molecule has 0 bridgehead atoms. The molecule has 190 valence electrons. The third-order valence-corrected chi connectivity index (χ3v) is 5.09. The van der Waals surface area contributed by atoms with E-state index in [1.807, 2.05) is 0 Å². The van der Waals surface area contributed by atoms with Crippen LogP contribution in [0.4, 0.5) is 0 Å². The largest absolute Gasteiger partial charge is 0.479 e. The first-order chi connectivity index (χ1) is 16.1. The van der Waals surface area contributed by atoms with Crippen molar-refractivity contribution in [1.29, 1.82) is 0 Å². The maximum atomic E-state index is 12.8. The molecule has 1 saturated heterocycles. The number of esters is 1. The molecule has 1 aromatic carbocycles. The van der Waals surface area contributed by atoms with Gasteiger partial charge in [-0.15, -0.1) is 0 Å². The Balaban J connectivity index is 2.27. The Morgan fingerprint density at radius 2 is 1.79 bits per heavy atom. The van der Waals surface area contributed by atoms with E-state index in [4.69, 9.17) is 14.2 Å². The minimum atomic E-state index is -1.87. The van der Waals surface area contributed by atoms with Crippen LogP contribution in [0.25, 0.3) is 0 Å². The molecule has 1 aliphatic heterocycles. The van der Waals surface area contributed by atoms with Crippen LogP contribution in [0.5, 0.6) is 5.75 Å². The lowest BCUT2D eigenvalue weighted by Crippen LogP contribution is -2.61. The van der Waals surface area contributed by atoms with Gasteiger partial charge in [0.05, 0.1) is 11.5 Å². The molecule has 1 fully saturated rings. The highest BCUT2D eigenvalue weighted by Gasteiger charge is 2.48. The summed E-state index contributed by atoms with van der Waals surface area (Å²) >= 11 is 0. The summed E-state index contributed by atoms with van der Waals surface area (Å²) in [5.74, 6) is -2.89. The van der Waals surface area contributed by atoms with Crippen LogP contribution < -0.4 is 15.4 Å². The second kappa shape index (κ2) is 12.6. The number of aliphatic hydroxyl groups is 3. The van der Waals surface area contributed by atoms with E-state index in [0.29, 0.717) is 25.1 Å². The molecule has 0 saturated carbocycles. The number of hydrogen-bond acceptors (Lipinski definition) is 10. The SMILES string of the molecule is CNCCCNC(=O)c1cc(COC(=O)C(C)C)ccc1O[C@H]1O[C@H](C(=O)O)[C@@H](O)[C@H](O)[C@H]1O. The highest BCUT2D eigenvalue weighted by Crippen LogP contribution is 2.28. The standard InChI is InChI=1S/C22H32N2O10/c1-11(2)21(31)32-10-12-5-6-14(13(9-12)19(28)24-8-4-7-23-3)33-22-17(27)15(25)16(26)18(34-22)20(29)30/h5-6,9,11,15-18,22-23,25-27H,4,7-8,10H2,1-3H3,(H,24,28)(H,29,30)/t15-,16-,17+,18-,22-/m0/s1. The molecule has 1 aromatic rings. The number of rotatable bonds is 11. The molecular weight excluding hydrogens is 452 g/mol. The molecule has 12 heteroatoms. The van der Waals surface area contributed by atoms with Gasteiger partial charge in [-0.05, 0) is 37.7 Å². The molecular formula is C22H32N2O10. The van der Waals surface area contributed by atoms with Crippen molar-refractivity contribution in [2.75, 3.05) is 20.1 Å². The number of carbonyl (C=O) groups is 3. The number of benzene rings is 1. The average Bonchev–Trinajstić information content (AvgIpc) is 2.80. The second-order valence-corrected chi connectivity index (χ2v) is 8.16. The van der Waals surface area contributed by atoms with Crippen LogP contribution in [0.15, 0.2) is 18.2 Å². The van der Waals surface area contributed by atoms with Gasteiger partial charge >= 0.3 is 11.9 Å². The number of aliphatic hydroxyl groups excluding tert-OH is 3. The summed E-state index contributed by atoms with van der Waals surface area (Å²) in [6, 6.07) is 4.34. The molecule has 1 amide bonds. The van der Waals surface area contributed by atoms with Gasteiger partial charge in [0.2, 0.25) is 6.29 Å². The number of ether oxygens (including phenoxy) is 3. The highest BCUT2D eigenvalue weighted by atomic mass is 16.7. The fourth-order valence-corrected chi connectivity index (χ4v) is 3.11. The van der Waals surface area contributed by atoms with Crippen molar-refractivity contribution in [3.8, 4) is 5.75 Å². The minimum Gasteiger partial charge on any atom is -0.479 e. The van der Waals surface area contributed by atoms with Crippen LogP contribution in [0, 0.1) is 5.92 Å². The van der Waals surface area contributed by atoms with E-state index in [9.17, 15) is 34.8 Å². The number of carboxylic acid groups (broad SMARTS) is 1. The van der Waals surface area contributed by atoms with Gasteiger partial charge in [-0.25, -0.2) is 4.79 Å². The first-order valence-corrected chi connectivity index (χ1v) is 10.9.